The molecule has 5 rings (SSSR count). The largest absolute Gasteiger partial charge is 0.508 e. The third-order valence-corrected chi connectivity index (χ3v) is 6.97. The molecule has 1 heterocycles. The zero-order valence-corrected chi connectivity index (χ0v) is 21.9. The maximum absolute atomic E-state index is 12.4. The number of ether oxygens (including phenoxy) is 2. The molecule has 1 aliphatic rings. The van der Waals surface area contributed by atoms with Gasteiger partial charge in [0.2, 0.25) is 0 Å². The lowest BCUT2D eigenvalue weighted by molar-refractivity contribution is 0.0598. The first-order valence-corrected chi connectivity index (χ1v) is 12.9. The number of hydrogen-bond acceptors (Lipinski definition) is 6. The summed E-state index contributed by atoms with van der Waals surface area (Å²) >= 11 is 6.08. The highest BCUT2D eigenvalue weighted by molar-refractivity contribution is 6.30. The average molecular weight is 529 g/mol. The Morgan fingerprint density at radius 1 is 0.895 bits per heavy atom. The topological polar surface area (TPSA) is 62.2 Å². The van der Waals surface area contributed by atoms with Gasteiger partial charge in [0.25, 0.3) is 0 Å². The van der Waals surface area contributed by atoms with Crippen LogP contribution in [0.15, 0.2) is 91.0 Å². The first kappa shape index (κ1) is 25.6. The Balaban J connectivity index is 1.30. The van der Waals surface area contributed by atoms with E-state index in [-0.39, 0.29) is 5.75 Å². The number of methoxy groups -OCH3 is 1. The van der Waals surface area contributed by atoms with Crippen LogP contribution in [0.3, 0.4) is 0 Å². The van der Waals surface area contributed by atoms with E-state index in [2.05, 4.69) is 9.80 Å². The number of halogens is 1. The van der Waals surface area contributed by atoms with Crippen LogP contribution in [0.25, 0.3) is 11.1 Å². The summed E-state index contributed by atoms with van der Waals surface area (Å²) in [7, 11) is 1.37. The molecule has 1 aliphatic heterocycles. The number of phenolic OH excluding ortho intramolecular Hbond substituents is 1. The van der Waals surface area contributed by atoms with Crippen LogP contribution in [0.5, 0.6) is 17.2 Å². The maximum atomic E-state index is 12.4. The number of carbonyl (C=O) groups excluding carboxylic acids is 1. The fourth-order valence-electron chi connectivity index (χ4n) is 4.71. The summed E-state index contributed by atoms with van der Waals surface area (Å²) in [6.07, 6.45) is 0. The molecule has 1 saturated heterocycles. The summed E-state index contributed by atoms with van der Waals surface area (Å²) in [4.78, 5) is 17.0. The third-order valence-electron chi connectivity index (χ3n) is 6.72. The summed E-state index contributed by atoms with van der Waals surface area (Å²) in [6.45, 7) is 4.06. The van der Waals surface area contributed by atoms with Crippen molar-refractivity contribution >= 4 is 23.3 Å². The van der Waals surface area contributed by atoms with Gasteiger partial charge in [0.1, 0.15) is 22.8 Å². The van der Waals surface area contributed by atoms with E-state index in [1.807, 2.05) is 78.9 Å². The molecule has 7 heteroatoms. The summed E-state index contributed by atoms with van der Waals surface area (Å²) in [6, 6.07) is 28.3. The van der Waals surface area contributed by atoms with Crippen molar-refractivity contribution in [1.29, 1.82) is 0 Å². The highest BCUT2D eigenvalue weighted by Gasteiger charge is 2.22. The number of para-hydroxylation sites is 1. The Morgan fingerprint density at radius 2 is 1.63 bits per heavy atom. The van der Waals surface area contributed by atoms with E-state index in [1.54, 1.807) is 12.1 Å². The average Bonchev–Trinajstić information content (AvgIpc) is 2.94. The highest BCUT2D eigenvalue weighted by atomic mass is 35.5. The second-order valence-corrected chi connectivity index (χ2v) is 9.64. The number of hydrogen-bond donors (Lipinski definition) is 1. The Hall–Kier alpha value is -4.00. The second-order valence-electron chi connectivity index (χ2n) is 9.20. The minimum atomic E-state index is -0.435. The number of aromatic hydroxyl groups is 1. The number of phenols is 1. The molecule has 1 N–H and O–H groups in total. The zero-order chi connectivity index (χ0) is 26.5. The zero-order valence-electron chi connectivity index (χ0n) is 21.1. The summed E-state index contributed by atoms with van der Waals surface area (Å²) in [5.74, 6) is 0.945. The molecule has 4 aromatic rings. The van der Waals surface area contributed by atoms with Crippen molar-refractivity contribution in [2.24, 2.45) is 0 Å². The molecule has 6 nitrogen and oxygen atoms in total. The quantitative estimate of drug-likeness (QED) is 0.272. The molecule has 4 aromatic carbocycles. The number of piperazine rings is 1. The smallest absolute Gasteiger partial charge is 0.341 e. The molecule has 0 saturated carbocycles. The predicted molar refractivity (Wildman–Crippen MR) is 150 cm³/mol. The van der Waals surface area contributed by atoms with Crippen molar-refractivity contribution < 1.29 is 19.4 Å². The Morgan fingerprint density at radius 3 is 2.34 bits per heavy atom. The summed E-state index contributed by atoms with van der Waals surface area (Å²) in [5.41, 5.74) is 4.60. The first-order chi connectivity index (χ1) is 18.5. The first-order valence-electron chi connectivity index (χ1n) is 12.5. The molecule has 0 amide bonds. The highest BCUT2D eigenvalue weighted by Crippen LogP contribution is 2.32. The van der Waals surface area contributed by atoms with E-state index < -0.39 is 5.97 Å². The van der Waals surface area contributed by atoms with Crippen LogP contribution in [-0.4, -0.2) is 49.3 Å². The summed E-state index contributed by atoms with van der Waals surface area (Å²) in [5, 5.41) is 10.9. The van der Waals surface area contributed by atoms with Crippen molar-refractivity contribution in [2.75, 3.05) is 38.2 Å². The normalized spacial score (nSPS) is 13.8. The van der Waals surface area contributed by atoms with E-state index in [1.165, 1.54) is 7.11 Å². The molecule has 0 aromatic heterocycles. The Bertz CT molecular complexity index is 1400. The van der Waals surface area contributed by atoms with Crippen LogP contribution in [0.4, 0.5) is 5.69 Å². The van der Waals surface area contributed by atoms with Crippen LogP contribution in [-0.2, 0) is 11.3 Å². The Labute approximate surface area is 227 Å². The lowest BCUT2D eigenvalue weighted by atomic mass is 9.98. The molecule has 0 unspecified atom stereocenters. The van der Waals surface area contributed by atoms with Gasteiger partial charge in [0.15, 0.2) is 0 Å². The molecule has 0 spiro atoms. The van der Waals surface area contributed by atoms with E-state index in [4.69, 9.17) is 21.1 Å². The van der Waals surface area contributed by atoms with Crippen LogP contribution < -0.4 is 9.64 Å². The SMILES string of the molecule is COC(=O)c1ccc(N2CCN(Cc3cc(O)ccc3-c3ccc(Cl)cc3)CC2)cc1Oc1ccccc1. The van der Waals surface area contributed by atoms with Crippen molar-refractivity contribution in [3.63, 3.8) is 0 Å². The molecule has 194 valence electrons. The standard InChI is InChI=1S/C31H29ClN2O4/c1-37-31(36)29-13-11-25(20-30(29)38-27-5-3-2-4-6-27)34-17-15-33(16-18-34)21-23-19-26(35)12-14-28(23)22-7-9-24(32)10-8-22/h2-14,19-20,35H,15-18,21H2,1H3. The number of anilines is 1. The van der Waals surface area contributed by atoms with Crippen LogP contribution in [0, 0.1) is 0 Å². The Kier molecular flexibility index (Phi) is 7.82. The molecule has 0 atom stereocenters. The van der Waals surface area contributed by atoms with Crippen molar-refractivity contribution in [3.05, 3.63) is 107 Å². The lowest BCUT2D eigenvalue weighted by Crippen LogP contribution is -2.46. The molecule has 0 aliphatic carbocycles. The number of nitrogens with zero attached hydrogens (tertiary/aromatic N) is 2. The maximum Gasteiger partial charge on any atom is 0.341 e. The number of carbonyl (C=O) groups is 1. The van der Waals surface area contributed by atoms with E-state index in [0.717, 1.165) is 55.1 Å². The number of esters is 1. The van der Waals surface area contributed by atoms with Gasteiger partial charge in [-0.1, -0.05) is 48.0 Å². The van der Waals surface area contributed by atoms with Crippen LogP contribution >= 0.6 is 11.6 Å². The van der Waals surface area contributed by atoms with Crippen LogP contribution in [0.2, 0.25) is 5.02 Å². The monoisotopic (exact) mass is 528 g/mol. The van der Waals surface area contributed by atoms with E-state index >= 15 is 0 Å². The van der Waals surface area contributed by atoms with Gasteiger partial charge < -0.3 is 19.5 Å². The van der Waals surface area contributed by atoms with Crippen molar-refractivity contribution in [1.82, 2.24) is 4.90 Å². The minimum Gasteiger partial charge on any atom is -0.508 e. The van der Waals surface area contributed by atoms with E-state index in [9.17, 15) is 9.90 Å². The molecule has 38 heavy (non-hydrogen) atoms. The lowest BCUT2D eigenvalue weighted by Gasteiger charge is -2.36. The second kappa shape index (κ2) is 11.6. The van der Waals surface area contributed by atoms with Crippen LogP contribution in [0.1, 0.15) is 15.9 Å². The van der Waals surface area contributed by atoms with Gasteiger partial charge in [-0.2, -0.15) is 0 Å². The minimum absolute atomic E-state index is 0.257. The molecule has 1 fully saturated rings. The van der Waals surface area contributed by atoms with Gasteiger partial charge in [-0.3, -0.25) is 4.90 Å². The molecular weight excluding hydrogens is 500 g/mol. The van der Waals surface area contributed by atoms with Crippen molar-refractivity contribution in [2.45, 2.75) is 6.54 Å². The molecule has 0 radical (unpaired) electrons. The fraction of sp³-hybridized carbons (Fsp3) is 0.194. The van der Waals surface area contributed by atoms with Crippen molar-refractivity contribution in [3.8, 4) is 28.4 Å². The van der Waals surface area contributed by atoms with E-state index in [0.29, 0.717) is 22.1 Å². The van der Waals surface area contributed by atoms with Gasteiger partial charge >= 0.3 is 5.97 Å². The van der Waals surface area contributed by atoms with Gasteiger partial charge in [-0.25, -0.2) is 4.79 Å². The predicted octanol–water partition coefficient (Wildman–Crippen LogP) is 6.61. The van der Waals surface area contributed by atoms with Gasteiger partial charge in [-0.15, -0.1) is 0 Å². The third kappa shape index (κ3) is 5.93. The number of benzene rings is 4. The molecular formula is C31H29ClN2O4. The van der Waals surface area contributed by atoms with Gasteiger partial charge in [0.05, 0.1) is 7.11 Å². The van der Waals surface area contributed by atoms with Gasteiger partial charge in [-0.05, 0) is 65.2 Å². The number of rotatable bonds is 7. The van der Waals surface area contributed by atoms with Gasteiger partial charge in [0, 0.05) is 49.5 Å². The molecule has 0 bridgehead atoms. The fourth-order valence-corrected chi connectivity index (χ4v) is 4.84. The summed E-state index contributed by atoms with van der Waals surface area (Å²) < 4.78 is 11.0.